The van der Waals surface area contributed by atoms with E-state index >= 15 is 0 Å². The van der Waals surface area contributed by atoms with Gasteiger partial charge in [-0.15, -0.1) is 11.3 Å². The molecule has 0 radical (unpaired) electrons. The Hall–Kier alpha value is -2.66. The van der Waals surface area contributed by atoms with E-state index in [-0.39, 0.29) is 12.5 Å². The normalized spacial score (nSPS) is 10.7. The van der Waals surface area contributed by atoms with Gasteiger partial charge < -0.3 is 4.74 Å². The molecule has 0 aliphatic heterocycles. The predicted molar refractivity (Wildman–Crippen MR) is 102 cm³/mol. The van der Waals surface area contributed by atoms with E-state index in [1.165, 1.54) is 11.3 Å². The summed E-state index contributed by atoms with van der Waals surface area (Å²) in [5, 5.41) is 5.30. The smallest absolute Gasteiger partial charge is 0.264 e. The third kappa shape index (κ3) is 4.45. The number of amides is 1. The van der Waals surface area contributed by atoms with Crippen LogP contribution in [-0.2, 0) is 4.79 Å². The van der Waals surface area contributed by atoms with E-state index in [0.717, 1.165) is 22.6 Å². The maximum Gasteiger partial charge on any atom is 0.264 e. The van der Waals surface area contributed by atoms with Gasteiger partial charge in [-0.3, -0.25) is 10.1 Å². The fourth-order valence-corrected chi connectivity index (χ4v) is 3.20. The van der Waals surface area contributed by atoms with Gasteiger partial charge >= 0.3 is 0 Å². The second-order valence-electron chi connectivity index (χ2n) is 5.93. The van der Waals surface area contributed by atoms with Crippen molar-refractivity contribution in [3.8, 4) is 17.0 Å². The molecule has 0 aliphatic carbocycles. The minimum atomic E-state index is -0.215. The van der Waals surface area contributed by atoms with Crippen LogP contribution in [0.15, 0.2) is 60.0 Å². The molecule has 3 aromatic rings. The number of nitrogens with zero attached hydrogens (tertiary/aromatic N) is 1. The number of para-hydroxylation sites is 1. The highest BCUT2D eigenvalue weighted by molar-refractivity contribution is 7.14. The molecule has 2 aromatic carbocycles. The van der Waals surface area contributed by atoms with Crippen molar-refractivity contribution in [2.24, 2.45) is 0 Å². The summed E-state index contributed by atoms with van der Waals surface area (Å²) in [6.07, 6.45) is 0. The zero-order valence-corrected chi connectivity index (χ0v) is 15.0. The lowest BCUT2D eigenvalue weighted by Gasteiger charge is -2.13. The minimum absolute atomic E-state index is 0.0377. The monoisotopic (exact) mass is 352 g/mol. The van der Waals surface area contributed by atoms with Gasteiger partial charge in [-0.2, -0.15) is 0 Å². The molecule has 0 fully saturated rings. The van der Waals surface area contributed by atoms with E-state index in [1.54, 1.807) is 0 Å². The number of thiazole rings is 1. The van der Waals surface area contributed by atoms with Gasteiger partial charge in [0.25, 0.3) is 5.91 Å². The fraction of sp³-hybridized carbons (Fsp3) is 0.200. The standard InChI is InChI=1S/C20H20N2O2S/c1-14(2)16-10-6-7-11-18(16)24-12-19(23)22-20-21-17(13-25-20)15-8-4-3-5-9-15/h3-11,13-14H,12H2,1-2H3,(H,21,22,23). The Morgan fingerprint density at radius 2 is 1.84 bits per heavy atom. The zero-order valence-electron chi connectivity index (χ0n) is 14.2. The van der Waals surface area contributed by atoms with Gasteiger partial charge in [0.15, 0.2) is 11.7 Å². The molecule has 128 valence electrons. The number of hydrogen-bond acceptors (Lipinski definition) is 4. The van der Waals surface area contributed by atoms with Gasteiger partial charge in [-0.25, -0.2) is 4.98 Å². The maximum atomic E-state index is 12.1. The summed E-state index contributed by atoms with van der Waals surface area (Å²) in [5.74, 6) is 0.871. The molecule has 0 saturated heterocycles. The molecule has 3 rings (SSSR count). The second kappa shape index (κ2) is 7.94. The molecule has 0 aliphatic rings. The number of anilines is 1. The molecule has 1 aromatic heterocycles. The predicted octanol–water partition coefficient (Wildman–Crippen LogP) is 4.95. The van der Waals surface area contributed by atoms with Crippen LogP contribution in [0.25, 0.3) is 11.3 Å². The van der Waals surface area contributed by atoms with Gasteiger partial charge in [-0.1, -0.05) is 62.4 Å². The van der Waals surface area contributed by atoms with Gasteiger partial charge in [0.1, 0.15) is 5.75 Å². The van der Waals surface area contributed by atoms with Crippen molar-refractivity contribution in [2.45, 2.75) is 19.8 Å². The Kier molecular flexibility index (Phi) is 5.46. The highest BCUT2D eigenvalue weighted by Gasteiger charge is 2.11. The number of aromatic nitrogens is 1. The van der Waals surface area contributed by atoms with Crippen molar-refractivity contribution in [3.63, 3.8) is 0 Å². The third-order valence-corrected chi connectivity index (χ3v) is 4.48. The van der Waals surface area contributed by atoms with Gasteiger partial charge in [0.05, 0.1) is 5.69 Å². The van der Waals surface area contributed by atoms with Crippen LogP contribution < -0.4 is 10.1 Å². The molecule has 0 spiro atoms. The number of hydrogen-bond donors (Lipinski definition) is 1. The third-order valence-electron chi connectivity index (χ3n) is 3.72. The molecule has 0 bridgehead atoms. The molecular weight excluding hydrogens is 332 g/mol. The molecule has 1 heterocycles. The van der Waals surface area contributed by atoms with Crippen molar-refractivity contribution < 1.29 is 9.53 Å². The second-order valence-corrected chi connectivity index (χ2v) is 6.79. The fourth-order valence-electron chi connectivity index (χ4n) is 2.46. The van der Waals surface area contributed by atoms with Crippen LogP contribution in [-0.4, -0.2) is 17.5 Å². The Morgan fingerprint density at radius 1 is 1.12 bits per heavy atom. The number of nitrogens with one attached hydrogen (secondary N) is 1. The van der Waals surface area contributed by atoms with E-state index in [2.05, 4.69) is 24.1 Å². The van der Waals surface area contributed by atoms with E-state index in [0.29, 0.717) is 11.0 Å². The first-order chi connectivity index (χ1) is 12.1. The molecule has 4 nitrogen and oxygen atoms in total. The summed E-state index contributed by atoms with van der Waals surface area (Å²) in [4.78, 5) is 16.6. The van der Waals surface area contributed by atoms with Crippen LogP contribution in [0.4, 0.5) is 5.13 Å². The summed E-state index contributed by atoms with van der Waals surface area (Å²) in [5.41, 5.74) is 2.98. The summed E-state index contributed by atoms with van der Waals surface area (Å²) in [6, 6.07) is 17.7. The molecule has 0 saturated carbocycles. The van der Waals surface area contributed by atoms with Gasteiger partial charge in [0.2, 0.25) is 0 Å². The molecular formula is C20H20N2O2S. The summed E-state index contributed by atoms with van der Waals surface area (Å²) in [7, 11) is 0. The van der Waals surface area contributed by atoms with Gasteiger partial charge in [0, 0.05) is 10.9 Å². The highest BCUT2D eigenvalue weighted by atomic mass is 32.1. The maximum absolute atomic E-state index is 12.1. The Bertz CT molecular complexity index is 844. The molecule has 1 amide bonds. The van der Waals surface area contributed by atoms with E-state index in [9.17, 15) is 4.79 Å². The Morgan fingerprint density at radius 3 is 2.60 bits per heavy atom. The lowest BCUT2D eigenvalue weighted by atomic mass is 10.0. The molecule has 0 atom stereocenters. The summed E-state index contributed by atoms with van der Waals surface area (Å²) < 4.78 is 5.69. The molecule has 1 N–H and O–H groups in total. The van der Waals surface area contributed by atoms with Crippen LogP contribution in [0.1, 0.15) is 25.3 Å². The van der Waals surface area contributed by atoms with E-state index in [1.807, 2.05) is 60.0 Å². The minimum Gasteiger partial charge on any atom is -0.483 e. The molecule has 25 heavy (non-hydrogen) atoms. The lowest BCUT2D eigenvalue weighted by molar-refractivity contribution is -0.118. The van der Waals surface area contributed by atoms with Crippen molar-refractivity contribution >= 4 is 22.4 Å². The highest BCUT2D eigenvalue weighted by Crippen LogP contribution is 2.26. The first-order valence-corrected chi connectivity index (χ1v) is 9.04. The van der Waals surface area contributed by atoms with Crippen molar-refractivity contribution in [1.29, 1.82) is 0 Å². The number of rotatable bonds is 6. The quantitative estimate of drug-likeness (QED) is 0.683. The Balaban J connectivity index is 1.60. The first-order valence-electron chi connectivity index (χ1n) is 8.16. The largest absolute Gasteiger partial charge is 0.483 e. The van der Waals surface area contributed by atoms with E-state index in [4.69, 9.17) is 4.74 Å². The zero-order chi connectivity index (χ0) is 17.6. The summed E-state index contributed by atoms with van der Waals surface area (Å²) in [6.45, 7) is 4.16. The number of ether oxygens (including phenoxy) is 1. The number of carbonyl (C=O) groups is 1. The van der Waals surface area contributed by atoms with Crippen LogP contribution in [0.5, 0.6) is 5.75 Å². The van der Waals surface area contributed by atoms with Crippen molar-refractivity contribution in [1.82, 2.24) is 4.98 Å². The lowest BCUT2D eigenvalue weighted by Crippen LogP contribution is -2.20. The average Bonchev–Trinajstić information content (AvgIpc) is 3.09. The number of carbonyl (C=O) groups excluding carboxylic acids is 1. The van der Waals surface area contributed by atoms with Gasteiger partial charge in [-0.05, 0) is 17.5 Å². The van der Waals surface area contributed by atoms with Crippen LogP contribution in [0.3, 0.4) is 0 Å². The molecule has 0 unspecified atom stereocenters. The SMILES string of the molecule is CC(C)c1ccccc1OCC(=O)Nc1nc(-c2ccccc2)cs1. The summed E-state index contributed by atoms with van der Waals surface area (Å²) >= 11 is 1.40. The van der Waals surface area contributed by atoms with Crippen molar-refractivity contribution in [2.75, 3.05) is 11.9 Å². The number of benzene rings is 2. The van der Waals surface area contributed by atoms with Crippen molar-refractivity contribution in [3.05, 3.63) is 65.5 Å². The molecule has 5 heteroatoms. The average molecular weight is 352 g/mol. The van der Waals surface area contributed by atoms with Crippen LogP contribution in [0.2, 0.25) is 0 Å². The Labute approximate surface area is 151 Å². The van der Waals surface area contributed by atoms with Crippen LogP contribution in [0, 0.1) is 0 Å². The van der Waals surface area contributed by atoms with E-state index < -0.39 is 0 Å². The topological polar surface area (TPSA) is 51.2 Å². The van der Waals surface area contributed by atoms with Crippen LogP contribution >= 0.6 is 11.3 Å². The first kappa shape index (κ1) is 17.2.